The van der Waals surface area contributed by atoms with Crippen molar-refractivity contribution in [3.63, 3.8) is 0 Å². The Labute approximate surface area is 91.1 Å². The lowest BCUT2D eigenvalue weighted by atomic mass is 9.86. The second-order valence-electron chi connectivity index (χ2n) is 4.92. The zero-order valence-electron chi connectivity index (χ0n) is 9.62. The van der Waals surface area contributed by atoms with Crippen molar-refractivity contribution in [2.75, 3.05) is 6.54 Å². The molecule has 15 heavy (non-hydrogen) atoms. The number of nitrogens with two attached hydrogens (primary N) is 1. The molecule has 1 aliphatic carbocycles. The Morgan fingerprint density at radius 2 is 2.13 bits per heavy atom. The topological polar surface area (TPSA) is 52.0 Å². The first-order chi connectivity index (χ1) is 7.18. The lowest BCUT2D eigenvalue weighted by molar-refractivity contribution is 0.332. The second-order valence-corrected chi connectivity index (χ2v) is 4.92. The molecule has 0 saturated heterocycles. The Morgan fingerprint density at radius 1 is 1.47 bits per heavy atom. The number of nitrogens with zero attached hydrogens (tertiary/aromatic N) is 1. The van der Waals surface area contributed by atoms with Gasteiger partial charge in [-0.1, -0.05) is 26.7 Å². The number of hydrogen-bond acceptors (Lipinski definition) is 3. The minimum Gasteiger partial charge on any atom is -0.448 e. The maximum Gasteiger partial charge on any atom is 0.201 e. The van der Waals surface area contributed by atoms with Crippen molar-refractivity contribution < 1.29 is 4.42 Å². The molecule has 0 atom stereocenters. The molecule has 1 aromatic heterocycles. The number of oxazole rings is 1. The zero-order valence-corrected chi connectivity index (χ0v) is 9.62. The molecule has 0 amide bonds. The summed E-state index contributed by atoms with van der Waals surface area (Å²) in [6.07, 6.45) is 6.53. The maximum atomic E-state index is 5.89. The lowest BCUT2D eigenvalue weighted by Crippen LogP contribution is -2.32. The van der Waals surface area contributed by atoms with Crippen LogP contribution in [-0.2, 0) is 5.41 Å². The molecule has 1 heterocycles. The highest BCUT2D eigenvalue weighted by molar-refractivity contribution is 5.13. The molecule has 3 heteroatoms. The van der Waals surface area contributed by atoms with Gasteiger partial charge in [-0.15, -0.1) is 0 Å². The van der Waals surface area contributed by atoms with E-state index in [1.807, 2.05) is 0 Å². The van der Waals surface area contributed by atoms with Gasteiger partial charge in [-0.05, 0) is 18.8 Å². The van der Waals surface area contributed by atoms with Crippen molar-refractivity contribution >= 4 is 0 Å². The van der Waals surface area contributed by atoms with Gasteiger partial charge in [-0.25, -0.2) is 4.98 Å². The quantitative estimate of drug-likeness (QED) is 0.830. The van der Waals surface area contributed by atoms with Crippen molar-refractivity contribution in [3.8, 4) is 0 Å². The second kappa shape index (κ2) is 3.97. The highest BCUT2D eigenvalue weighted by Crippen LogP contribution is 2.40. The van der Waals surface area contributed by atoms with E-state index in [1.165, 1.54) is 12.8 Å². The fourth-order valence-corrected chi connectivity index (χ4v) is 2.35. The van der Waals surface area contributed by atoms with Gasteiger partial charge in [0.25, 0.3) is 0 Å². The van der Waals surface area contributed by atoms with Gasteiger partial charge < -0.3 is 10.2 Å². The third-order valence-electron chi connectivity index (χ3n) is 3.52. The minimum atomic E-state index is 0.0349. The van der Waals surface area contributed by atoms with Crippen LogP contribution >= 0.6 is 0 Å². The SMILES string of the molecule is CC(C)c1coc(C2(CN)CCCC2)n1. The minimum absolute atomic E-state index is 0.0349. The summed E-state index contributed by atoms with van der Waals surface area (Å²) in [5.74, 6) is 1.30. The third-order valence-corrected chi connectivity index (χ3v) is 3.52. The molecule has 84 valence electrons. The standard InChI is InChI=1S/C12H20N2O/c1-9(2)10-7-15-11(14-10)12(8-13)5-3-4-6-12/h7,9H,3-6,8,13H2,1-2H3. The van der Waals surface area contributed by atoms with E-state index >= 15 is 0 Å². The first kappa shape index (κ1) is 10.7. The van der Waals surface area contributed by atoms with Crippen LogP contribution < -0.4 is 5.73 Å². The largest absolute Gasteiger partial charge is 0.448 e. The number of aromatic nitrogens is 1. The van der Waals surface area contributed by atoms with Crippen LogP contribution in [-0.4, -0.2) is 11.5 Å². The summed E-state index contributed by atoms with van der Waals surface area (Å²) in [6.45, 7) is 4.92. The third kappa shape index (κ3) is 1.81. The molecule has 1 saturated carbocycles. The van der Waals surface area contributed by atoms with E-state index in [0.717, 1.165) is 24.4 Å². The molecule has 1 fully saturated rings. The molecule has 3 nitrogen and oxygen atoms in total. The van der Waals surface area contributed by atoms with Gasteiger partial charge in [0.15, 0.2) is 0 Å². The average molecular weight is 208 g/mol. The first-order valence-corrected chi connectivity index (χ1v) is 5.84. The van der Waals surface area contributed by atoms with E-state index in [4.69, 9.17) is 10.2 Å². The van der Waals surface area contributed by atoms with E-state index in [2.05, 4.69) is 18.8 Å². The fraction of sp³-hybridized carbons (Fsp3) is 0.750. The molecule has 0 aliphatic heterocycles. The van der Waals surface area contributed by atoms with Crippen LogP contribution in [0.25, 0.3) is 0 Å². The fourth-order valence-electron chi connectivity index (χ4n) is 2.35. The van der Waals surface area contributed by atoms with Gasteiger partial charge in [-0.3, -0.25) is 0 Å². The predicted molar refractivity (Wildman–Crippen MR) is 59.8 cm³/mol. The monoisotopic (exact) mass is 208 g/mol. The Kier molecular flexibility index (Phi) is 2.83. The molecule has 0 spiro atoms. The van der Waals surface area contributed by atoms with Gasteiger partial charge in [0.1, 0.15) is 6.26 Å². The van der Waals surface area contributed by atoms with Crippen molar-refractivity contribution in [1.82, 2.24) is 4.98 Å². The van der Waals surface area contributed by atoms with E-state index in [-0.39, 0.29) is 5.41 Å². The highest BCUT2D eigenvalue weighted by Gasteiger charge is 2.38. The Bertz CT molecular complexity index is 324. The van der Waals surface area contributed by atoms with Crippen LogP contribution in [0.5, 0.6) is 0 Å². The van der Waals surface area contributed by atoms with Crippen molar-refractivity contribution in [3.05, 3.63) is 17.8 Å². The van der Waals surface area contributed by atoms with Crippen LogP contribution in [0.15, 0.2) is 10.7 Å². The molecule has 0 aromatic carbocycles. The van der Waals surface area contributed by atoms with Crippen LogP contribution in [0.2, 0.25) is 0 Å². The highest BCUT2D eigenvalue weighted by atomic mass is 16.3. The molecule has 0 unspecified atom stereocenters. The smallest absolute Gasteiger partial charge is 0.201 e. The van der Waals surface area contributed by atoms with Crippen LogP contribution in [0.3, 0.4) is 0 Å². The number of rotatable bonds is 3. The lowest BCUT2D eigenvalue weighted by Gasteiger charge is -2.22. The van der Waals surface area contributed by atoms with Gasteiger partial charge in [0, 0.05) is 6.54 Å². The van der Waals surface area contributed by atoms with E-state index in [1.54, 1.807) is 6.26 Å². The molecule has 0 radical (unpaired) electrons. The molecule has 1 aliphatic rings. The Balaban J connectivity index is 2.27. The Morgan fingerprint density at radius 3 is 2.60 bits per heavy atom. The van der Waals surface area contributed by atoms with Crippen LogP contribution in [0, 0.1) is 0 Å². The summed E-state index contributed by atoms with van der Waals surface area (Å²) >= 11 is 0. The van der Waals surface area contributed by atoms with Crippen LogP contribution in [0.4, 0.5) is 0 Å². The van der Waals surface area contributed by atoms with E-state index in [9.17, 15) is 0 Å². The van der Waals surface area contributed by atoms with Crippen molar-refractivity contribution in [2.45, 2.75) is 50.9 Å². The van der Waals surface area contributed by atoms with Crippen molar-refractivity contribution in [1.29, 1.82) is 0 Å². The predicted octanol–water partition coefficient (Wildman–Crippen LogP) is 2.57. The van der Waals surface area contributed by atoms with Gasteiger partial charge in [0.05, 0.1) is 11.1 Å². The maximum absolute atomic E-state index is 5.89. The normalized spacial score (nSPS) is 20.0. The summed E-state index contributed by atoms with van der Waals surface area (Å²) in [5.41, 5.74) is 6.97. The first-order valence-electron chi connectivity index (χ1n) is 5.84. The van der Waals surface area contributed by atoms with E-state index < -0.39 is 0 Å². The van der Waals surface area contributed by atoms with Gasteiger partial charge in [-0.2, -0.15) is 0 Å². The average Bonchev–Trinajstić information content (AvgIpc) is 2.87. The summed E-state index contributed by atoms with van der Waals surface area (Å²) < 4.78 is 5.61. The summed E-state index contributed by atoms with van der Waals surface area (Å²) in [6, 6.07) is 0. The molecular formula is C12H20N2O. The van der Waals surface area contributed by atoms with Crippen molar-refractivity contribution in [2.24, 2.45) is 5.73 Å². The van der Waals surface area contributed by atoms with E-state index in [0.29, 0.717) is 12.5 Å². The van der Waals surface area contributed by atoms with Gasteiger partial charge >= 0.3 is 0 Å². The summed E-state index contributed by atoms with van der Waals surface area (Å²) in [5, 5.41) is 0. The van der Waals surface area contributed by atoms with Gasteiger partial charge in [0.2, 0.25) is 5.89 Å². The molecular weight excluding hydrogens is 188 g/mol. The molecule has 2 rings (SSSR count). The van der Waals surface area contributed by atoms with Crippen LogP contribution in [0.1, 0.15) is 57.0 Å². The number of hydrogen-bond donors (Lipinski definition) is 1. The molecule has 2 N–H and O–H groups in total. The zero-order chi connectivity index (χ0) is 10.9. The molecule has 1 aromatic rings. The Hall–Kier alpha value is -0.830. The summed E-state index contributed by atoms with van der Waals surface area (Å²) in [7, 11) is 0. The summed E-state index contributed by atoms with van der Waals surface area (Å²) in [4.78, 5) is 4.59. The molecule has 0 bridgehead atoms.